The molecule has 7 nitrogen and oxygen atoms in total. The Bertz CT molecular complexity index is 899. The molecule has 0 aliphatic carbocycles. The molecule has 4 amide bonds. The molecule has 0 atom stereocenters. The third-order valence-electron chi connectivity index (χ3n) is 3.91. The number of carbonyl (C=O) groups is 4. The van der Waals surface area contributed by atoms with Crippen molar-refractivity contribution in [1.29, 1.82) is 0 Å². The van der Waals surface area contributed by atoms with Crippen LogP contribution in [0.15, 0.2) is 42.5 Å². The fraction of sp³-hybridized carbons (Fsp3) is 0. The molecule has 112 valence electrons. The summed E-state index contributed by atoms with van der Waals surface area (Å²) in [6.07, 6.45) is 0. The van der Waals surface area contributed by atoms with Gasteiger partial charge in [-0.15, -0.1) is 5.06 Å². The highest BCUT2D eigenvalue weighted by atomic mass is 16.5. The third kappa shape index (κ3) is 1.56. The Labute approximate surface area is 129 Å². The number of imide groups is 2. The van der Waals surface area contributed by atoms with Gasteiger partial charge in [0.05, 0.1) is 27.9 Å². The maximum Gasteiger partial charge on any atom is 0.287 e. The van der Waals surface area contributed by atoms with E-state index in [9.17, 15) is 24.4 Å². The van der Waals surface area contributed by atoms with E-state index >= 15 is 0 Å². The Kier molecular flexibility index (Phi) is 2.52. The zero-order chi connectivity index (χ0) is 16.3. The van der Waals surface area contributed by atoms with Crippen molar-refractivity contribution in [3.05, 3.63) is 64.7 Å². The van der Waals surface area contributed by atoms with Crippen molar-refractivity contribution in [3.8, 4) is 0 Å². The lowest BCUT2D eigenvalue weighted by Gasteiger charge is -2.16. The number of carbonyl (C=O) groups excluding carboxylic acids is 4. The van der Waals surface area contributed by atoms with Gasteiger partial charge in [0.25, 0.3) is 23.6 Å². The van der Waals surface area contributed by atoms with Crippen LogP contribution >= 0.6 is 0 Å². The lowest BCUT2D eigenvalue weighted by Crippen LogP contribution is -2.31. The molecular formula is C16H8N2O5. The number of rotatable bonds is 1. The maximum absolute atomic E-state index is 12.5. The van der Waals surface area contributed by atoms with Crippen molar-refractivity contribution in [3.63, 3.8) is 0 Å². The minimum Gasteiger partial charge on any atom is -0.278 e. The van der Waals surface area contributed by atoms with E-state index < -0.39 is 23.6 Å². The third-order valence-corrected chi connectivity index (χ3v) is 3.91. The number of nitrogens with zero attached hydrogens (tertiary/aromatic N) is 2. The monoisotopic (exact) mass is 308 g/mol. The van der Waals surface area contributed by atoms with Crippen molar-refractivity contribution < 1.29 is 24.4 Å². The Morgan fingerprint density at radius 2 is 1.22 bits per heavy atom. The van der Waals surface area contributed by atoms with E-state index in [0.717, 1.165) is 4.90 Å². The van der Waals surface area contributed by atoms with E-state index in [1.807, 2.05) is 0 Å². The first-order chi connectivity index (χ1) is 11.0. The number of hydroxylamine groups is 2. The van der Waals surface area contributed by atoms with Gasteiger partial charge in [-0.25, -0.2) is 4.90 Å². The molecule has 0 bridgehead atoms. The molecule has 1 N–H and O–H groups in total. The highest BCUT2D eigenvalue weighted by Gasteiger charge is 2.43. The van der Waals surface area contributed by atoms with Gasteiger partial charge in [0.15, 0.2) is 0 Å². The van der Waals surface area contributed by atoms with Crippen LogP contribution in [0, 0.1) is 0 Å². The molecule has 0 aromatic heterocycles. The first-order valence-corrected chi connectivity index (χ1v) is 6.71. The SMILES string of the molecule is O=C1c2cccc(N3C(=O)c4ccccc4C3=O)c2C(=O)N1O. The predicted molar refractivity (Wildman–Crippen MR) is 76.3 cm³/mol. The summed E-state index contributed by atoms with van der Waals surface area (Å²) in [5.74, 6) is -2.99. The predicted octanol–water partition coefficient (Wildman–Crippen LogP) is 1.47. The second-order valence-corrected chi connectivity index (χ2v) is 5.11. The molecule has 0 saturated carbocycles. The molecule has 2 heterocycles. The quantitative estimate of drug-likeness (QED) is 0.636. The summed E-state index contributed by atoms with van der Waals surface area (Å²) in [6.45, 7) is 0. The Hall–Kier alpha value is -3.32. The Morgan fingerprint density at radius 3 is 1.83 bits per heavy atom. The minimum absolute atomic E-state index is 0.0106. The van der Waals surface area contributed by atoms with Crippen molar-refractivity contribution in [2.24, 2.45) is 0 Å². The number of hydrogen-bond acceptors (Lipinski definition) is 5. The molecule has 2 aromatic rings. The molecule has 0 fully saturated rings. The Balaban J connectivity index is 1.93. The van der Waals surface area contributed by atoms with E-state index in [-0.39, 0.29) is 33.0 Å². The lowest BCUT2D eigenvalue weighted by molar-refractivity contribution is -0.0326. The minimum atomic E-state index is -0.961. The average molecular weight is 308 g/mol. The zero-order valence-corrected chi connectivity index (χ0v) is 11.5. The van der Waals surface area contributed by atoms with E-state index in [1.54, 1.807) is 12.1 Å². The van der Waals surface area contributed by atoms with Crippen LogP contribution in [0.4, 0.5) is 5.69 Å². The van der Waals surface area contributed by atoms with Crippen LogP contribution in [0.5, 0.6) is 0 Å². The molecule has 4 rings (SSSR count). The molecular weight excluding hydrogens is 300 g/mol. The Morgan fingerprint density at radius 1 is 0.652 bits per heavy atom. The van der Waals surface area contributed by atoms with E-state index in [2.05, 4.69) is 0 Å². The molecule has 0 unspecified atom stereocenters. The number of hydrogen-bond donors (Lipinski definition) is 1. The van der Waals surface area contributed by atoms with Gasteiger partial charge in [0.1, 0.15) is 0 Å². The van der Waals surface area contributed by atoms with Crippen molar-refractivity contribution in [2.45, 2.75) is 0 Å². The van der Waals surface area contributed by atoms with Crippen LogP contribution in [0.1, 0.15) is 41.4 Å². The summed E-state index contributed by atoms with van der Waals surface area (Å²) in [5.41, 5.74) is 0.241. The zero-order valence-electron chi connectivity index (χ0n) is 11.5. The van der Waals surface area contributed by atoms with Gasteiger partial charge < -0.3 is 0 Å². The molecule has 7 heteroatoms. The van der Waals surface area contributed by atoms with Gasteiger partial charge in [-0.1, -0.05) is 18.2 Å². The molecule has 2 aromatic carbocycles. The summed E-state index contributed by atoms with van der Waals surface area (Å²) in [5, 5.41) is 9.48. The molecule has 2 aliphatic heterocycles. The highest BCUT2D eigenvalue weighted by molar-refractivity contribution is 6.36. The van der Waals surface area contributed by atoms with Crippen LogP contribution < -0.4 is 4.90 Å². The van der Waals surface area contributed by atoms with E-state index in [0.29, 0.717) is 0 Å². The normalized spacial score (nSPS) is 16.2. The molecule has 23 heavy (non-hydrogen) atoms. The highest BCUT2D eigenvalue weighted by Crippen LogP contribution is 2.35. The summed E-state index contributed by atoms with van der Waals surface area (Å²) < 4.78 is 0. The summed E-state index contributed by atoms with van der Waals surface area (Å²) in [7, 11) is 0. The second kappa shape index (κ2) is 4.34. The second-order valence-electron chi connectivity index (χ2n) is 5.11. The van der Waals surface area contributed by atoms with Gasteiger partial charge in [-0.3, -0.25) is 24.4 Å². The maximum atomic E-state index is 12.5. The molecule has 2 aliphatic rings. The smallest absolute Gasteiger partial charge is 0.278 e. The van der Waals surface area contributed by atoms with E-state index in [1.165, 1.54) is 30.3 Å². The fourth-order valence-electron chi connectivity index (χ4n) is 2.85. The number of amides is 4. The summed E-state index contributed by atoms with van der Waals surface area (Å²) in [6, 6.07) is 10.5. The van der Waals surface area contributed by atoms with Crippen LogP contribution in [0.2, 0.25) is 0 Å². The van der Waals surface area contributed by atoms with Crippen LogP contribution in [-0.2, 0) is 0 Å². The van der Waals surface area contributed by atoms with Crippen molar-refractivity contribution in [2.75, 3.05) is 4.90 Å². The molecule has 0 saturated heterocycles. The van der Waals surface area contributed by atoms with Crippen molar-refractivity contribution >= 4 is 29.3 Å². The fourth-order valence-corrected chi connectivity index (χ4v) is 2.85. The van der Waals surface area contributed by atoms with E-state index in [4.69, 9.17) is 0 Å². The van der Waals surface area contributed by atoms with Crippen LogP contribution in [-0.4, -0.2) is 33.9 Å². The first kappa shape index (κ1) is 13.4. The standard InChI is InChI=1S/C16H8N2O5/c19-13-8-4-1-2-5-9(8)14(20)17(13)11-7-3-6-10-12(11)16(22)18(23)15(10)21/h1-7,23H. The molecule has 0 radical (unpaired) electrons. The largest absolute Gasteiger partial charge is 0.287 e. The number of benzene rings is 2. The molecule has 0 spiro atoms. The number of fused-ring (bicyclic) bond motifs is 2. The summed E-state index contributed by atoms with van der Waals surface area (Å²) in [4.78, 5) is 49.8. The van der Waals surface area contributed by atoms with Gasteiger partial charge in [0, 0.05) is 0 Å². The summed E-state index contributed by atoms with van der Waals surface area (Å²) >= 11 is 0. The van der Waals surface area contributed by atoms with Gasteiger partial charge in [0.2, 0.25) is 0 Å². The van der Waals surface area contributed by atoms with Gasteiger partial charge in [-0.05, 0) is 24.3 Å². The van der Waals surface area contributed by atoms with Crippen LogP contribution in [0.25, 0.3) is 0 Å². The van der Waals surface area contributed by atoms with Gasteiger partial charge >= 0.3 is 0 Å². The first-order valence-electron chi connectivity index (χ1n) is 6.71. The topological polar surface area (TPSA) is 95.0 Å². The van der Waals surface area contributed by atoms with Gasteiger partial charge in [-0.2, -0.15) is 0 Å². The number of anilines is 1. The average Bonchev–Trinajstić information content (AvgIpc) is 2.95. The van der Waals surface area contributed by atoms with Crippen molar-refractivity contribution in [1.82, 2.24) is 5.06 Å². The lowest BCUT2D eigenvalue weighted by atomic mass is 10.1. The van der Waals surface area contributed by atoms with Crippen LogP contribution in [0.3, 0.4) is 0 Å².